The van der Waals surface area contributed by atoms with E-state index >= 15 is 0 Å². The van der Waals surface area contributed by atoms with Gasteiger partial charge in [-0.15, -0.1) is 0 Å². The van der Waals surface area contributed by atoms with Gasteiger partial charge in [0, 0.05) is 17.8 Å². The fourth-order valence-electron chi connectivity index (χ4n) is 3.30. The summed E-state index contributed by atoms with van der Waals surface area (Å²) in [6.45, 7) is 3.28. The molecule has 9 heteroatoms. The maximum absolute atomic E-state index is 13.8. The Balaban J connectivity index is 1.91. The number of rotatable bonds is 4. The van der Waals surface area contributed by atoms with Crippen molar-refractivity contribution in [3.63, 3.8) is 0 Å². The summed E-state index contributed by atoms with van der Waals surface area (Å²) in [6, 6.07) is 2.71. The largest absolute Gasteiger partial charge is 0.363 e. The predicted molar refractivity (Wildman–Crippen MR) is 97.6 cm³/mol. The summed E-state index contributed by atoms with van der Waals surface area (Å²) in [6.07, 6.45) is 1.84. The van der Waals surface area contributed by atoms with Crippen LogP contribution in [0.15, 0.2) is 23.2 Å². The van der Waals surface area contributed by atoms with Crippen LogP contribution < -0.4 is 4.72 Å². The van der Waals surface area contributed by atoms with E-state index in [1.165, 1.54) is 6.20 Å². The molecule has 2 atom stereocenters. The van der Waals surface area contributed by atoms with Crippen LogP contribution in [-0.2, 0) is 22.9 Å². The van der Waals surface area contributed by atoms with Crippen LogP contribution in [-0.4, -0.2) is 19.1 Å². The van der Waals surface area contributed by atoms with Crippen LogP contribution >= 0.6 is 9.24 Å². The molecule has 2 N–H and O–H groups in total. The molecule has 4 nitrogen and oxygen atoms in total. The standard InChI is InChI=1S/C17H20F3N2O2PS/c1-9-5-10(2)14(7-13(9)18)22-26(23,24)16-8-21-15-6-11(17(19,20)25)3-4-12(15)16/h5,7-8,11,21-22H,3-4,6,25H2,1-2H3. The van der Waals surface area contributed by atoms with Gasteiger partial charge in [0.05, 0.1) is 5.69 Å². The molecule has 2 aromatic rings. The number of alkyl halides is 2. The number of aryl methyl sites for hydroxylation is 2. The smallest absolute Gasteiger partial charge is 0.263 e. The van der Waals surface area contributed by atoms with Gasteiger partial charge in [0.25, 0.3) is 15.7 Å². The van der Waals surface area contributed by atoms with E-state index in [1.807, 2.05) is 0 Å². The predicted octanol–water partition coefficient (Wildman–Crippen LogP) is 4.14. The average molecular weight is 404 g/mol. The molecule has 0 aliphatic heterocycles. The first-order valence-corrected chi connectivity index (χ1v) is 10.2. The van der Waals surface area contributed by atoms with Crippen molar-refractivity contribution in [2.75, 3.05) is 4.72 Å². The normalized spacial score (nSPS) is 17.8. The van der Waals surface area contributed by atoms with Gasteiger partial charge in [-0.3, -0.25) is 4.72 Å². The molecule has 1 aliphatic carbocycles. The molecule has 0 saturated carbocycles. The molecule has 0 spiro atoms. The second kappa shape index (κ2) is 6.57. The summed E-state index contributed by atoms with van der Waals surface area (Å²) in [5.41, 5.74) is -0.679. The first-order chi connectivity index (χ1) is 12.0. The van der Waals surface area contributed by atoms with Crippen molar-refractivity contribution in [2.45, 2.75) is 43.7 Å². The van der Waals surface area contributed by atoms with Crippen molar-refractivity contribution in [1.82, 2.24) is 4.98 Å². The SMILES string of the molecule is Cc1cc(C)c(NS(=O)(=O)c2c[nH]c3c2CCC(C(F)(F)P)C3)cc1F. The van der Waals surface area contributed by atoms with Gasteiger partial charge in [-0.1, -0.05) is 15.3 Å². The van der Waals surface area contributed by atoms with E-state index in [2.05, 4.69) is 9.71 Å². The number of fused-ring (bicyclic) bond motifs is 1. The molecule has 0 amide bonds. The molecule has 1 aromatic heterocycles. The van der Waals surface area contributed by atoms with Crippen LogP contribution in [0.2, 0.25) is 0 Å². The molecular formula is C17H20F3N2O2PS. The third-order valence-electron chi connectivity index (χ3n) is 4.82. The van der Waals surface area contributed by atoms with Crippen LogP contribution in [0, 0.1) is 25.6 Å². The number of benzene rings is 1. The van der Waals surface area contributed by atoms with E-state index in [9.17, 15) is 21.6 Å². The first kappa shape index (κ1) is 19.2. The number of sulfonamides is 1. The van der Waals surface area contributed by atoms with Crippen LogP contribution in [0.5, 0.6) is 0 Å². The van der Waals surface area contributed by atoms with Gasteiger partial charge in [-0.25, -0.2) is 21.6 Å². The van der Waals surface area contributed by atoms with E-state index in [4.69, 9.17) is 0 Å². The van der Waals surface area contributed by atoms with Gasteiger partial charge < -0.3 is 4.98 Å². The van der Waals surface area contributed by atoms with Crippen molar-refractivity contribution in [1.29, 1.82) is 0 Å². The fraction of sp³-hybridized carbons (Fsp3) is 0.412. The minimum absolute atomic E-state index is 0.0263. The zero-order valence-electron chi connectivity index (χ0n) is 14.4. The lowest BCUT2D eigenvalue weighted by molar-refractivity contribution is 0.0291. The quantitative estimate of drug-likeness (QED) is 0.753. The number of hydrogen-bond donors (Lipinski definition) is 2. The lowest BCUT2D eigenvalue weighted by atomic mass is 9.88. The summed E-state index contributed by atoms with van der Waals surface area (Å²) in [5.74, 6) is -1.36. The zero-order chi connectivity index (χ0) is 19.3. The molecule has 0 radical (unpaired) electrons. The van der Waals surface area contributed by atoms with E-state index in [0.29, 0.717) is 22.4 Å². The van der Waals surface area contributed by atoms with Gasteiger partial charge in [-0.2, -0.15) is 0 Å². The van der Waals surface area contributed by atoms with Crippen LogP contribution in [0.25, 0.3) is 0 Å². The van der Waals surface area contributed by atoms with Crippen LogP contribution in [0.4, 0.5) is 18.9 Å². The topological polar surface area (TPSA) is 62.0 Å². The van der Waals surface area contributed by atoms with Gasteiger partial charge in [-0.05, 0) is 55.9 Å². The Kier molecular flexibility index (Phi) is 4.86. The molecule has 0 fully saturated rings. The molecule has 2 unspecified atom stereocenters. The van der Waals surface area contributed by atoms with E-state index in [-0.39, 0.29) is 29.8 Å². The Morgan fingerprint density at radius 3 is 2.62 bits per heavy atom. The molecule has 1 aromatic carbocycles. The third kappa shape index (κ3) is 3.62. The summed E-state index contributed by atoms with van der Waals surface area (Å²) >= 11 is 0. The lowest BCUT2D eigenvalue weighted by Crippen LogP contribution is -2.28. The van der Waals surface area contributed by atoms with Crippen LogP contribution in [0.1, 0.15) is 28.8 Å². The summed E-state index contributed by atoms with van der Waals surface area (Å²) in [5, 5.41) is 0. The Morgan fingerprint density at radius 2 is 1.96 bits per heavy atom. The van der Waals surface area contributed by atoms with Crippen molar-refractivity contribution >= 4 is 25.0 Å². The second-order valence-corrected chi connectivity index (χ2v) is 9.17. The zero-order valence-corrected chi connectivity index (χ0v) is 16.3. The molecule has 1 aliphatic rings. The Hall–Kier alpha value is -1.53. The molecule has 3 rings (SSSR count). The van der Waals surface area contributed by atoms with Crippen molar-refractivity contribution in [3.05, 3.63) is 46.5 Å². The number of nitrogens with one attached hydrogen (secondary N) is 2. The summed E-state index contributed by atoms with van der Waals surface area (Å²) in [4.78, 5) is 2.85. The maximum Gasteiger partial charge on any atom is 0.263 e. The third-order valence-corrected chi connectivity index (χ3v) is 6.72. The van der Waals surface area contributed by atoms with Crippen molar-refractivity contribution in [2.24, 2.45) is 5.92 Å². The second-order valence-electron chi connectivity index (χ2n) is 6.75. The molecule has 1 heterocycles. The highest BCUT2D eigenvalue weighted by atomic mass is 32.2. The molecular weight excluding hydrogens is 384 g/mol. The van der Waals surface area contributed by atoms with Crippen molar-refractivity contribution in [3.8, 4) is 0 Å². The van der Waals surface area contributed by atoms with Crippen molar-refractivity contribution < 1.29 is 21.6 Å². The Morgan fingerprint density at radius 1 is 1.27 bits per heavy atom. The monoisotopic (exact) mass is 404 g/mol. The highest BCUT2D eigenvalue weighted by molar-refractivity contribution is 7.92. The number of halogens is 3. The van der Waals surface area contributed by atoms with E-state index in [0.717, 1.165) is 6.07 Å². The minimum atomic E-state index is -3.96. The van der Waals surface area contributed by atoms with E-state index < -0.39 is 27.4 Å². The maximum atomic E-state index is 13.8. The van der Waals surface area contributed by atoms with E-state index in [1.54, 1.807) is 29.2 Å². The molecule has 0 bridgehead atoms. The number of anilines is 1. The Labute approximate surface area is 152 Å². The Bertz CT molecular complexity index is 952. The van der Waals surface area contributed by atoms with Gasteiger partial charge >= 0.3 is 0 Å². The first-order valence-electron chi connectivity index (χ1n) is 8.14. The fourth-order valence-corrected chi connectivity index (χ4v) is 4.97. The number of aromatic amines is 1. The summed E-state index contributed by atoms with van der Waals surface area (Å²) in [7, 11) is -2.40. The molecule has 0 saturated heterocycles. The highest BCUT2D eigenvalue weighted by Crippen LogP contribution is 2.41. The number of hydrogen-bond acceptors (Lipinski definition) is 2. The number of aromatic nitrogens is 1. The molecule has 142 valence electrons. The van der Waals surface area contributed by atoms with Gasteiger partial charge in [0.15, 0.2) is 0 Å². The minimum Gasteiger partial charge on any atom is -0.363 e. The number of H-pyrrole nitrogens is 1. The van der Waals surface area contributed by atoms with Gasteiger partial charge in [0.2, 0.25) is 0 Å². The lowest BCUT2D eigenvalue weighted by Gasteiger charge is -2.27. The molecule has 26 heavy (non-hydrogen) atoms. The average Bonchev–Trinajstić information content (AvgIpc) is 2.95. The highest BCUT2D eigenvalue weighted by Gasteiger charge is 2.38. The summed E-state index contributed by atoms with van der Waals surface area (Å²) < 4.78 is 68.8. The van der Waals surface area contributed by atoms with Gasteiger partial charge in [0.1, 0.15) is 10.7 Å². The van der Waals surface area contributed by atoms with Crippen LogP contribution in [0.3, 0.4) is 0 Å².